The number of amides is 1. The Morgan fingerprint density at radius 1 is 1.22 bits per heavy atom. The van der Waals surface area contributed by atoms with Gasteiger partial charge in [-0.25, -0.2) is 4.79 Å². The molecule has 0 aromatic carbocycles. The van der Waals surface area contributed by atoms with E-state index in [2.05, 4.69) is 10.3 Å². The average Bonchev–Trinajstić information content (AvgIpc) is 2.28. The highest BCUT2D eigenvalue weighted by molar-refractivity contribution is 5.89. The molecular formula is C12H17N3O3. The third-order valence-electron chi connectivity index (χ3n) is 3.23. The second kappa shape index (κ2) is 5.66. The zero-order chi connectivity index (χ0) is 13.0. The first-order valence-corrected chi connectivity index (χ1v) is 6.27. The number of nitrogens with one attached hydrogen (secondary N) is 3. The molecule has 98 valence electrons. The van der Waals surface area contributed by atoms with Gasteiger partial charge in [-0.15, -0.1) is 0 Å². The van der Waals surface area contributed by atoms with Gasteiger partial charge in [0, 0.05) is 12.5 Å². The number of H-pyrrole nitrogens is 2. The van der Waals surface area contributed by atoms with E-state index in [-0.39, 0.29) is 11.7 Å². The Hall–Kier alpha value is -1.85. The van der Waals surface area contributed by atoms with Crippen molar-refractivity contribution in [2.24, 2.45) is 5.92 Å². The Kier molecular flexibility index (Phi) is 3.96. The molecule has 6 heteroatoms. The second-order valence-corrected chi connectivity index (χ2v) is 4.76. The number of aromatic amines is 2. The molecule has 0 aliphatic heterocycles. The lowest BCUT2D eigenvalue weighted by Gasteiger charge is -2.20. The minimum Gasteiger partial charge on any atom is -0.312 e. The highest BCUT2D eigenvalue weighted by Crippen LogP contribution is 2.26. The summed E-state index contributed by atoms with van der Waals surface area (Å²) in [5.41, 5.74) is -1.14. The molecule has 2 rings (SSSR count). The Labute approximate surface area is 104 Å². The maximum atomic E-state index is 11.8. The predicted octanol–water partition coefficient (Wildman–Crippen LogP) is 0.972. The summed E-state index contributed by atoms with van der Waals surface area (Å²) in [4.78, 5) is 38.3. The van der Waals surface area contributed by atoms with Crippen molar-refractivity contribution in [3.63, 3.8) is 0 Å². The van der Waals surface area contributed by atoms with Gasteiger partial charge < -0.3 is 5.32 Å². The fourth-order valence-corrected chi connectivity index (χ4v) is 2.39. The van der Waals surface area contributed by atoms with Crippen LogP contribution in [0, 0.1) is 5.92 Å². The summed E-state index contributed by atoms with van der Waals surface area (Å²) in [6.07, 6.45) is 6.23. The molecule has 1 amide bonds. The maximum absolute atomic E-state index is 11.8. The zero-order valence-corrected chi connectivity index (χ0v) is 10.1. The number of hydrogen-bond donors (Lipinski definition) is 3. The molecule has 1 saturated carbocycles. The van der Waals surface area contributed by atoms with E-state index >= 15 is 0 Å². The van der Waals surface area contributed by atoms with Gasteiger partial charge in [0.05, 0.1) is 0 Å². The summed E-state index contributed by atoms with van der Waals surface area (Å²) < 4.78 is 0. The first-order valence-electron chi connectivity index (χ1n) is 6.27. The lowest BCUT2D eigenvalue weighted by molar-refractivity contribution is -0.117. The lowest BCUT2D eigenvalue weighted by atomic mass is 9.87. The van der Waals surface area contributed by atoms with Gasteiger partial charge in [0.25, 0.3) is 5.56 Å². The van der Waals surface area contributed by atoms with Gasteiger partial charge in [-0.2, -0.15) is 0 Å². The zero-order valence-electron chi connectivity index (χ0n) is 10.1. The van der Waals surface area contributed by atoms with E-state index in [0.29, 0.717) is 12.3 Å². The molecule has 0 atom stereocenters. The quantitative estimate of drug-likeness (QED) is 0.747. The smallest absolute Gasteiger partial charge is 0.312 e. The molecular weight excluding hydrogens is 234 g/mol. The van der Waals surface area contributed by atoms with Crippen LogP contribution in [0.1, 0.15) is 38.5 Å². The van der Waals surface area contributed by atoms with Crippen LogP contribution in [0.5, 0.6) is 0 Å². The van der Waals surface area contributed by atoms with Crippen molar-refractivity contribution in [3.8, 4) is 0 Å². The van der Waals surface area contributed by atoms with Crippen LogP contribution >= 0.6 is 0 Å². The number of carbonyl (C=O) groups is 1. The molecule has 1 heterocycles. The van der Waals surface area contributed by atoms with E-state index in [1.54, 1.807) is 0 Å². The first kappa shape index (κ1) is 12.6. The van der Waals surface area contributed by atoms with Crippen molar-refractivity contribution in [1.29, 1.82) is 0 Å². The van der Waals surface area contributed by atoms with Gasteiger partial charge in [0.2, 0.25) is 5.91 Å². The number of aromatic nitrogens is 2. The molecule has 0 spiro atoms. The number of anilines is 1. The Morgan fingerprint density at radius 2 is 1.94 bits per heavy atom. The summed E-state index contributed by atoms with van der Waals surface area (Å²) >= 11 is 0. The number of carbonyl (C=O) groups excluding carboxylic acids is 1. The van der Waals surface area contributed by atoms with Crippen LogP contribution in [0.4, 0.5) is 5.82 Å². The summed E-state index contributed by atoms with van der Waals surface area (Å²) in [5, 5.41) is 2.56. The molecule has 0 unspecified atom stereocenters. The molecule has 1 fully saturated rings. The molecule has 6 nitrogen and oxygen atoms in total. The monoisotopic (exact) mass is 251 g/mol. The van der Waals surface area contributed by atoms with Crippen molar-refractivity contribution >= 4 is 11.7 Å². The molecule has 18 heavy (non-hydrogen) atoms. The largest absolute Gasteiger partial charge is 0.327 e. The summed E-state index contributed by atoms with van der Waals surface area (Å²) in [6, 6.07) is 1.17. The van der Waals surface area contributed by atoms with Crippen molar-refractivity contribution < 1.29 is 4.79 Å². The standard InChI is InChI=1S/C12H17N3O3/c16-10(6-8-4-2-1-3-5-8)13-9-7-11(17)15-12(18)14-9/h7-8H,1-6H2,(H3,13,14,15,16,17,18). The molecule has 1 aliphatic carbocycles. The van der Waals surface area contributed by atoms with Crippen LogP contribution < -0.4 is 16.6 Å². The van der Waals surface area contributed by atoms with Gasteiger partial charge in [0.15, 0.2) is 0 Å². The minimum atomic E-state index is -0.615. The Morgan fingerprint density at radius 3 is 2.61 bits per heavy atom. The number of hydrogen-bond acceptors (Lipinski definition) is 3. The van der Waals surface area contributed by atoms with E-state index in [4.69, 9.17) is 0 Å². The lowest BCUT2D eigenvalue weighted by Crippen LogP contribution is -2.25. The van der Waals surface area contributed by atoms with Gasteiger partial charge in [-0.3, -0.25) is 19.6 Å². The molecule has 0 bridgehead atoms. The highest BCUT2D eigenvalue weighted by Gasteiger charge is 2.17. The van der Waals surface area contributed by atoms with Gasteiger partial charge in [0.1, 0.15) is 5.82 Å². The Balaban J connectivity index is 1.94. The summed E-state index contributed by atoms with van der Waals surface area (Å²) in [5.74, 6) is 0.431. The minimum absolute atomic E-state index is 0.150. The summed E-state index contributed by atoms with van der Waals surface area (Å²) in [6.45, 7) is 0. The van der Waals surface area contributed by atoms with Gasteiger partial charge in [-0.05, 0) is 18.8 Å². The predicted molar refractivity (Wildman–Crippen MR) is 67.5 cm³/mol. The van der Waals surface area contributed by atoms with Crippen LogP contribution in [-0.4, -0.2) is 15.9 Å². The maximum Gasteiger partial charge on any atom is 0.327 e. The average molecular weight is 251 g/mol. The van der Waals surface area contributed by atoms with Gasteiger partial charge in [-0.1, -0.05) is 19.3 Å². The molecule has 3 N–H and O–H groups in total. The molecule has 1 aromatic rings. The van der Waals surface area contributed by atoms with E-state index in [1.165, 1.54) is 25.3 Å². The second-order valence-electron chi connectivity index (χ2n) is 4.76. The SMILES string of the molecule is O=C(CC1CCCCC1)Nc1cc(=O)[nH]c(=O)[nH]1. The number of rotatable bonds is 3. The normalized spacial score (nSPS) is 16.4. The Bertz CT molecular complexity index is 498. The van der Waals surface area contributed by atoms with Crippen LogP contribution in [0.2, 0.25) is 0 Å². The fraction of sp³-hybridized carbons (Fsp3) is 0.583. The van der Waals surface area contributed by atoms with Crippen LogP contribution in [0.25, 0.3) is 0 Å². The third-order valence-corrected chi connectivity index (χ3v) is 3.23. The first-order chi connectivity index (χ1) is 8.63. The summed E-state index contributed by atoms with van der Waals surface area (Å²) in [7, 11) is 0. The van der Waals surface area contributed by atoms with Crippen molar-refractivity contribution in [2.75, 3.05) is 5.32 Å². The van der Waals surface area contributed by atoms with E-state index < -0.39 is 11.2 Å². The van der Waals surface area contributed by atoms with E-state index in [1.807, 2.05) is 4.98 Å². The van der Waals surface area contributed by atoms with E-state index in [0.717, 1.165) is 12.8 Å². The van der Waals surface area contributed by atoms with Crippen LogP contribution in [0.15, 0.2) is 15.7 Å². The van der Waals surface area contributed by atoms with Crippen molar-refractivity contribution in [3.05, 3.63) is 26.9 Å². The molecule has 0 radical (unpaired) electrons. The van der Waals surface area contributed by atoms with Crippen LogP contribution in [-0.2, 0) is 4.79 Å². The van der Waals surface area contributed by atoms with Crippen LogP contribution in [0.3, 0.4) is 0 Å². The molecule has 0 saturated heterocycles. The van der Waals surface area contributed by atoms with Gasteiger partial charge >= 0.3 is 5.69 Å². The molecule has 1 aliphatic rings. The van der Waals surface area contributed by atoms with Crippen molar-refractivity contribution in [1.82, 2.24) is 9.97 Å². The van der Waals surface area contributed by atoms with E-state index in [9.17, 15) is 14.4 Å². The topological polar surface area (TPSA) is 94.8 Å². The molecule has 1 aromatic heterocycles. The fourth-order valence-electron chi connectivity index (χ4n) is 2.39. The highest BCUT2D eigenvalue weighted by atomic mass is 16.2. The van der Waals surface area contributed by atoms with Crippen molar-refractivity contribution in [2.45, 2.75) is 38.5 Å². The third kappa shape index (κ3) is 3.58.